The van der Waals surface area contributed by atoms with Crippen molar-refractivity contribution in [2.24, 2.45) is 4.99 Å². The summed E-state index contributed by atoms with van der Waals surface area (Å²) in [5, 5.41) is 6.23. The van der Waals surface area contributed by atoms with Crippen molar-refractivity contribution in [3.63, 3.8) is 0 Å². The van der Waals surface area contributed by atoms with E-state index in [4.69, 9.17) is 18.9 Å². The Morgan fingerprint density at radius 1 is 1.12 bits per heavy atom. The molecule has 1 saturated heterocycles. The van der Waals surface area contributed by atoms with Gasteiger partial charge in [-0.1, -0.05) is 0 Å². The lowest BCUT2D eigenvalue weighted by molar-refractivity contribution is 0.0204. The number of anilines is 1. The Labute approximate surface area is 232 Å². The molecule has 0 bridgehead atoms. The lowest BCUT2D eigenvalue weighted by Crippen LogP contribution is -2.41. The van der Waals surface area contributed by atoms with Crippen LogP contribution in [0.1, 0.15) is 50.8 Å². The molecule has 1 unspecified atom stereocenters. The fourth-order valence-corrected chi connectivity index (χ4v) is 4.34. The summed E-state index contributed by atoms with van der Waals surface area (Å²) in [6, 6.07) is 5.04. The summed E-state index contributed by atoms with van der Waals surface area (Å²) in [6.45, 7) is 6.46. The molecule has 0 aliphatic carbocycles. The molecule has 0 spiro atoms. The third-order valence-corrected chi connectivity index (χ3v) is 6.44. The number of hydrogen-bond donors (Lipinski definition) is 2. The monoisotopic (exact) mass is 559 g/mol. The number of nitrogens with zero attached hydrogens (tertiary/aromatic N) is 3. The molecule has 1 fully saturated rings. The first-order valence-corrected chi connectivity index (χ1v) is 13.0. The van der Waals surface area contributed by atoms with Gasteiger partial charge in [-0.2, -0.15) is 0 Å². The van der Waals surface area contributed by atoms with E-state index in [0.717, 1.165) is 30.3 Å². The zero-order valence-electron chi connectivity index (χ0n) is 23.3. The number of methoxy groups -OCH3 is 2. The van der Waals surface area contributed by atoms with Crippen LogP contribution in [-0.2, 0) is 16.1 Å². The van der Waals surface area contributed by atoms with E-state index in [9.17, 15) is 13.6 Å². The molecule has 0 radical (unpaired) electrons. The molecule has 4 rings (SSSR count). The Balaban J connectivity index is 1.26. The number of aromatic nitrogens is 1. The second-order valence-electron chi connectivity index (χ2n) is 10.4. The topological polar surface area (TPSA) is 107 Å². The maximum absolute atomic E-state index is 14.6. The molecule has 12 heteroatoms. The highest BCUT2D eigenvalue weighted by Gasteiger charge is 2.28. The van der Waals surface area contributed by atoms with Gasteiger partial charge in [-0.15, -0.1) is 0 Å². The van der Waals surface area contributed by atoms with Gasteiger partial charge in [-0.3, -0.25) is 4.98 Å². The van der Waals surface area contributed by atoms with Gasteiger partial charge >= 0.3 is 6.09 Å². The van der Waals surface area contributed by atoms with Gasteiger partial charge in [0.25, 0.3) is 0 Å². The number of carbonyl (C=O) groups excluding carboxylic acids is 1. The first-order valence-electron chi connectivity index (χ1n) is 13.0. The Morgan fingerprint density at radius 2 is 1.80 bits per heavy atom. The Kier molecular flexibility index (Phi) is 8.96. The van der Waals surface area contributed by atoms with Gasteiger partial charge in [0, 0.05) is 37.0 Å². The minimum absolute atomic E-state index is 0.142. The van der Waals surface area contributed by atoms with E-state index in [1.165, 1.54) is 20.4 Å². The molecule has 1 aromatic carbocycles. The fourth-order valence-electron chi connectivity index (χ4n) is 4.34. The van der Waals surface area contributed by atoms with E-state index in [-0.39, 0.29) is 35.7 Å². The predicted octanol–water partition coefficient (Wildman–Crippen LogP) is 4.92. The molecular formula is C28H35F2N5O5. The Bertz CT molecular complexity index is 1230. The van der Waals surface area contributed by atoms with Crippen molar-refractivity contribution in [2.75, 3.05) is 32.6 Å². The SMILES string of the molecule is COc1cc(OC)c(F)c(COC2=CNC(Nc3ccc(C4CCN(C(=O)OC(C)(C)C)CC4)nc3)N=C2)c1F. The number of aliphatic imine (C=N–C) groups is 1. The number of hydrogen-bond acceptors (Lipinski definition) is 9. The van der Waals surface area contributed by atoms with Crippen LogP contribution in [0.5, 0.6) is 11.5 Å². The molecule has 2 aromatic rings. The maximum Gasteiger partial charge on any atom is 0.410 e. The van der Waals surface area contributed by atoms with E-state index in [0.29, 0.717) is 18.8 Å². The molecule has 2 aliphatic rings. The summed E-state index contributed by atoms with van der Waals surface area (Å²) in [5.41, 5.74) is 0.908. The van der Waals surface area contributed by atoms with Crippen molar-refractivity contribution in [2.45, 2.75) is 58.0 Å². The largest absolute Gasteiger partial charge is 0.494 e. The molecule has 1 aromatic heterocycles. The highest BCUT2D eigenvalue weighted by molar-refractivity contribution is 5.77. The first kappa shape index (κ1) is 28.9. The molecule has 1 atom stereocenters. The first-order chi connectivity index (χ1) is 19.1. The number of halogens is 2. The quantitative estimate of drug-likeness (QED) is 0.470. The summed E-state index contributed by atoms with van der Waals surface area (Å²) < 4.78 is 50.0. The third-order valence-electron chi connectivity index (χ3n) is 6.44. The lowest BCUT2D eigenvalue weighted by atomic mass is 9.93. The average molecular weight is 560 g/mol. The number of allylic oxidation sites excluding steroid dienone is 1. The van der Waals surface area contributed by atoms with E-state index >= 15 is 0 Å². The summed E-state index contributed by atoms with van der Waals surface area (Å²) in [4.78, 5) is 23.0. The van der Waals surface area contributed by atoms with E-state index < -0.39 is 23.5 Å². The third kappa shape index (κ3) is 7.10. The van der Waals surface area contributed by atoms with Crippen molar-refractivity contribution in [1.82, 2.24) is 15.2 Å². The van der Waals surface area contributed by atoms with Crippen molar-refractivity contribution >= 4 is 18.0 Å². The molecule has 10 nitrogen and oxygen atoms in total. The lowest BCUT2D eigenvalue weighted by Gasteiger charge is -2.33. The number of likely N-dealkylation sites (tertiary alicyclic amines) is 1. The second-order valence-corrected chi connectivity index (χ2v) is 10.4. The molecule has 216 valence electrons. The van der Waals surface area contributed by atoms with Crippen LogP contribution in [-0.4, -0.2) is 61.4 Å². The van der Waals surface area contributed by atoms with Crippen LogP contribution >= 0.6 is 0 Å². The number of carbonyl (C=O) groups is 1. The van der Waals surface area contributed by atoms with Gasteiger partial charge in [0.1, 0.15) is 12.2 Å². The number of benzene rings is 1. The minimum Gasteiger partial charge on any atom is -0.494 e. The number of nitrogens with one attached hydrogen (secondary N) is 2. The highest BCUT2D eigenvalue weighted by Crippen LogP contribution is 2.32. The van der Waals surface area contributed by atoms with Crippen LogP contribution in [0.4, 0.5) is 19.3 Å². The average Bonchev–Trinajstić information content (AvgIpc) is 2.93. The predicted molar refractivity (Wildman–Crippen MR) is 145 cm³/mol. The van der Waals surface area contributed by atoms with Gasteiger partial charge in [0.05, 0.1) is 37.9 Å². The van der Waals surface area contributed by atoms with Crippen molar-refractivity contribution in [1.29, 1.82) is 0 Å². The summed E-state index contributed by atoms with van der Waals surface area (Å²) in [7, 11) is 2.57. The van der Waals surface area contributed by atoms with Gasteiger partial charge in [-0.25, -0.2) is 18.6 Å². The zero-order valence-corrected chi connectivity index (χ0v) is 23.3. The minimum atomic E-state index is -0.855. The van der Waals surface area contributed by atoms with Gasteiger partial charge in [-0.05, 0) is 45.7 Å². The van der Waals surface area contributed by atoms with Gasteiger partial charge in [0.15, 0.2) is 35.2 Å². The van der Waals surface area contributed by atoms with E-state index in [1.54, 1.807) is 17.3 Å². The summed E-state index contributed by atoms with van der Waals surface area (Å²) in [5.74, 6) is -1.43. The van der Waals surface area contributed by atoms with Crippen LogP contribution in [0.2, 0.25) is 0 Å². The Morgan fingerprint density at radius 3 is 2.33 bits per heavy atom. The van der Waals surface area contributed by atoms with Crippen molar-refractivity contribution in [3.8, 4) is 11.5 Å². The second kappa shape index (κ2) is 12.4. The number of piperidine rings is 1. The van der Waals surface area contributed by atoms with Gasteiger partial charge < -0.3 is 34.5 Å². The summed E-state index contributed by atoms with van der Waals surface area (Å²) >= 11 is 0. The van der Waals surface area contributed by atoms with E-state index in [1.807, 2.05) is 32.9 Å². The fraction of sp³-hybridized carbons (Fsp3) is 0.464. The maximum atomic E-state index is 14.6. The number of rotatable bonds is 8. The molecule has 3 heterocycles. The van der Waals surface area contributed by atoms with Crippen LogP contribution in [0.15, 0.2) is 41.3 Å². The molecule has 40 heavy (non-hydrogen) atoms. The highest BCUT2D eigenvalue weighted by atomic mass is 19.1. The standard InChI is InChI=1S/C28H35F2N5O5/c1-28(2,3)40-27(36)35-10-8-17(9-11-35)21-7-6-18(13-31-21)34-26-32-14-19(15-33-26)39-16-20-24(29)22(37-4)12-23(38-5)25(20)30/h6-7,12-15,17,26,32,34H,8-11,16H2,1-5H3. The Hall–Kier alpha value is -4.09. The molecule has 0 saturated carbocycles. The van der Waals surface area contributed by atoms with Crippen LogP contribution < -0.4 is 20.1 Å². The zero-order chi connectivity index (χ0) is 28.9. The number of pyridine rings is 1. The van der Waals surface area contributed by atoms with Crippen molar-refractivity contribution in [3.05, 3.63) is 59.2 Å². The molecule has 2 N–H and O–H groups in total. The number of ether oxygens (including phenoxy) is 4. The number of amides is 1. The smallest absolute Gasteiger partial charge is 0.410 e. The molecule has 2 aliphatic heterocycles. The van der Waals surface area contributed by atoms with Crippen LogP contribution in [0, 0.1) is 11.6 Å². The van der Waals surface area contributed by atoms with Gasteiger partial charge in [0.2, 0.25) is 0 Å². The summed E-state index contributed by atoms with van der Waals surface area (Å²) in [6.07, 6.45) is 5.63. The molecular weight excluding hydrogens is 524 g/mol. The van der Waals surface area contributed by atoms with Crippen molar-refractivity contribution < 1.29 is 32.5 Å². The normalized spacial score (nSPS) is 17.5. The van der Waals surface area contributed by atoms with Crippen LogP contribution in [0.3, 0.4) is 0 Å². The van der Waals surface area contributed by atoms with E-state index in [2.05, 4.69) is 20.6 Å². The molecule has 1 amide bonds. The van der Waals surface area contributed by atoms with Crippen LogP contribution in [0.25, 0.3) is 0 Å².